The van der Waals surface area contributed by atoms with Crippen molar-refractivity contribution >= 4 is 60.6 Å². The van der Waals surface area contributed by atoms with Gasteiger partial charge in [-0.3, -0.25) is 0 Å². The number of fused-ring (bicyclic) bond motifs is 7. The van der Waals surface area contributed by atoms with E-state index in [-0.39, 0.29) is 0 Å². The Labute approximate surface area is 317 Å². The smallest absolute Gasteiger partial charge is 0.159 e. The number of aromatic nitrogens is 1. The molecule has 0 amide bonds. The van der Waals surface area contributed by atoms with E-state index in [9.17, 15) is 0 Å². The molecule has 1 aliphatic rings. The van der Waals surface area contributed by atoms with Crippen LogP contribution in [0.4, 0.5) is 17.1 Å². The third-order valence-electron chi connectivity index (χ3n) is 11.0. The molecule has 8 aromatic carbocycles. The van der Waals surface area contributed by atoms with E-state index in [0.29, 0.717) is 0 Å². The second-order valence-corrected chi connectivity index (χ2v) is 14.9. The highest BCUT2D eigenvalue weighted by Gasteiger charge is 2.46. The predicted molar refractivity (Wildman–Crippen MR) is 224 cm³/mol. The van der Waals surface area contributed by atoms with Crippen LogP contribution in [0.25, 0.3) is 53.9 Å². The number of furan rings is 1. The Morgan fingerprint density at radius 3 is 1.93 bits per heavy atom. The summed E-state index contributed by atoms with van der Waals surface area (Å²) in [6.45, 7) is 0. The maximum absolute atomic E-state index is 6.73. The summed E-state index contributed by atoms with van der Waals surface area (Å²) < 4.78 is 7.86. The first-order valence-corrected chi connectivity index (χ1v) is 19.1. The van der Waals surface area contributed by atoms with Crippen molar-refractivity contribution in [3.8, 4) is 21.7 Å². The van der Waals surface area contributed by atoms with Crippen LogP contribution in [-0.2, 0) is 5.41 Å². The zero-order chi connectivity index (χ0) is 35.6. The van der Waals surface area contributed by atoms with E-state index in [4.69, 9.17) is 9.40 Å². The lowest BCUT2D eigenvalue weighted by molar-refractivity contribution is 0.669. The molecule has 0 radical (unpaired) electrons. The first kappa shape index (κ1) is 30.8. The fourth-order valence-corrected chi connectivity index (χ4v) is 9.67. The Morgan fingerprint density at radius 1 is 0.500 bits per heavy atom. The average molecular weight is 709 g/mol. The van der Waals surface area contributed by atoms with Gasteiger partial charge in [-0.2, -0.15) is 0 Å². The van der Waals surface area contributed by atoms with Crippen LogP contribution in [-0.4, -0.2) is 4.98 Å². The van der Waals surface area contributed by atoms with Crippen molar-refractivity contribution in [2.24, 2.45) is 0 Å². The van der Waals surface area contributed by atoms with Gasteiger partial charge < -0.3 is 9.32 Å². The summed E-state index contributed by atoms with van der Waals surface area (Å²) in [5, 5.41) is 3.21. The molecule has 254 valence electrons. The van der Waals surface area contributed by atoms with Crippen LogP contribution in [0.1, 0.15) is 22.3 Å². The lowest BCUT2D eigenvalue weighted by Gasteiger charge is -2.35. The summed E-state index contributed by atoms with van der Waals surface area (Å²) in [7, 11) is 0. The van der Waals surface area contributed by atoms with Gasteiger partial charge >= 0.3 is 0 Å². The molecular formula is C50H32N2OS. The molecule has 0 atom stereocenters. The highest BCUT2D eigenvalue weighted by molar-refractivity contribution is 7.21. The van der Waals surface area contributed by atoms with Crippen molar-refractivity contribution in [2.75, 3.05) is 4.90 Å². The van der Waals surface area contributed by atoms with Gasteiger partial charge in [-0.1, -0.05) is 152 Å². The molecule has 0 saturated carbocycles. The molecule has 0 N–H and O–H groups in total. The van der Waals surface area contributed by atoms with Crippen LogP contribution in [0.3, 0.4) is 0 Å². The van der Waals surface area contributed by atoms with Crippen LogP contribution >= 0.6 is 11.3 Å². The topological polar surface area (TPSA) is 29.3 Å². The molecule has 0 spiro atoms. The van der Waals surface area contributed by atoms with Gasteiger partial charge in [-0.15, -0.1) is 11.3 Å². The highest BCUT2D eigenvalue weighted by Crippen LogP contribution is 2.57. The van der Waals surface area contributed by atoms with Crippen LogP contribution in [0.15, 0.2) is 199 Å². The first-order chi connectivity index (χ1) is 26.8. The molecule has 3 nitrogen and oxygen atoms in total. The SMILES string of the molecule is c1ccc(-c2nc3ccc(N(c4ccc5c(c4)C(c4ccccc4)(c4ccccc4)c4ccccc4-5)c4cccc5c4oc4ccccc45)cc3s2)cc1. The Morgan fingerprint density at radius 2 is 1.13 bits per heavy atom. The molecule has 4 heteroatoms. The number of para-hydroxylation sites is 2. The van der Waals surface area contributed by atoms with Gasteiger partial charge in [0, 0.05) is 27.7 Å². The summed E-state index contributed by atoms with van der Waals surface area (Å²) in [5.74, 6) is 0. The molecule has 54 heavy (non-hydrogen) atoms. The number of hydrogen-bond acceptors (Lipinski definition) is 4. The maximum atomic E-state index is 6.73. The fourth-order valence-electron chi connectivity index (χ4n) is 8.66. The molecule has 0 unspecified atom stereocenters. The fraction of sp³-hybridized carbons (Fsp3) is 0.0200. The number of anilines is 3. The van der Waals surface area contributed by atoms with Crippen molar-refractivity contribution in [3.63, 3.8) is 0 Å². The van der Waals surface area contributed by atoms with Gasteiger partial charge in [-0.05, 0) is 75.8 Å². The second-order valence-electron chi connectivity index (χ2n) is 13.9. The third-order valence-corrected chi connectivity index (χ3v) is 12.0. The van der Waals surface area contributed by atoms with E-state index in [1.54, 1.807) is 11.3 Å². The zero-order valence-electron chi connectivity index (χ0n) is 29.2. The Kier molecular flexibility index (Phi) is 6.94. The van der Waals surface area contributed by atoms with Gasteiger partial charge in [0.15, 0.2) is 5.58 Å². The standard InChI is InChI=1S/C50H32N2OS/c1-4-15-33(16-5-1)49-51-44-30-28-37(32-47(44)54-49)52(45-25-14-23-41-40-22-11-13-26-46(40)53-48(41)45)36-27-29-39-38-21-10-12-24-42(38)50(43(39)31-36,34-17-6-2-7-18-34)35-19-8-3-9-20-35/h1-32H. The molecule has 2 heterocycles. The number of rotatable bonds is 6. The lowest BCUT2D eigenvalue weighted by atomic mass is 9.67. The van der Waals surface area contributed by atoms with Crippen LogP contribution < -0.4 is 4.90 Å². The van der Waals surface area contributed by atoms with Gasteiger partial charge in [0.25, 0.3) is 0 Å². The average Bonchev–Trinajstić information content (AvgIpc) is 3.93. The summed E-state index contributed by atoms with van der Waals surface area (Å²) >= 11 is 1.72. The van der Waals surface area contributed by atoms with Crippen LogP contribution in [0.5, 0.6) is 0 Å². The lowest BCUT2D eigenvalue weighted by Crippen LogP contribution is -2.28. The zero-order valence-corrected chi connectivity index (χ0v) is 30.0. The predicted octanol–water partition coefficient (Wildman–Crippen LogP) is 13.7. The molecule has 11 rings (SSSR count). The number of nitrogens with zero attached hydrogens (tertiary/aromatic N) is 2. The molecule has 10 aromatic rings. The van der Waals surface area contributed by atoms with E-state index in [0.717, 1.165) is 59.8 Å². The van der Waals surface area contributed by atoms with Crippen molar-refractivity contribution in [3.05, 3.63) is 216 Å². The Bertz CT molecular complexity index is 2960. The van der Waals surface area contributed by atoms with E-state index in [1.807, 2.05) is 12.1 Å². The van der Waals surface area contributed by atoms with E-state index < -0.39 is 5.41 Å². The second kappa shape index (κ2) is 12.2. The van der Waals surface area contributed by atoms with Crippen molar-refractivity contribution in [1.82, 2.24) is 4.98 Å². The number of benzene rings is 8. The van der Waals surface area contributed by atoms with Gasteiger partial charge in [0.1, 0.15) is 10.6 Å². The van der Waals surface area contributed by atoms with Gasteiger partial charge in [-0.25, -0.2) is 4.98 Å². The Balaban J connectivity index is 1.19. The highest BCUT2D eigenvalue weighted by atomic mass is 32.1. The summed E-state index contributed by atoms with van der Waals surface area (Å²) in [6.07, 6.45) is 0. The summed E-state index contributed by atoms with van der Waals surface area (Å²) in [6, 6.07) is 69.8. The van der Waals surface area contributed by atoms with Crippen molar-refractivity contribution in [2.45, 2.75) is 5.41 Å². The monoisotopic (exact) mass is 708 g/mol. The molecule has 2 aromatic heterocycles. The minimum atomic E-state index is -0.520. The van der Waals surface area contributed by atoms with E-state index in [2.05, 4.69) is 187 Å². The molecule has 0 aliphatic heterocycles. The quantitative estimate of drug-likeness (QED) is 0.172. The summed E-state index contributed by atoms with van der Waals surface area (Å²) in [5.41, 5.74) is 13.9. The summed E-state index contributed by atoms with van der Waals surface area (Å²) in [4.78, 5) is 7.42. The maximum Gasteiger partial charge on any atom is 0.159 e. The normalized spacial score (nSPS) is 13.0. The molecule has 0 bridgehead atoms. The number of hydrogen-bond donors (Lipinski definition) is 0. The molecule has 1 aliphatic carbocycles. The van der Waals surface area contributed by atoms with Crippen molar-refractivity contribution in [1.29, 1.82) is 0 Å². The minimum Gasteiger partial charge on any atom is -0.454 e. The van der Waals surface area contributed by atoms with Crippen LogP contribution in [0.2, 0.25) is 0 Å². The largest absolute Gasteiger partial charge is 0.454 e. The minimum absolute atomic E-state index is 0.520. The number of thiazole rings is 1. The molecule has 0 fully saturated rings. The van der Waals surface area contributed by atoms with Gasteiger partial charge in [0.05, 0.1) is 21.3 Å². The van der Waals surface area contributed by atoms with Crippen LogP contribution in [0, 0.1) is 0 Å². The molecular weight excluding hydrogens is 677 g/mol. The molecule has 0 saturated heterocycles. The van der Waals surface area contributed by atoms with Gasteiger partial charge in [0.2, 0.25) is 0 Å². The first-order valence-electron chi connectivity index (χ1n) is 18.3. The van der Waals surface area contributed by atoms with E-state index in [1.165, 1.54) is 33.4 Å². The van der Waals surface area contributed by atoms with Crippen molar-refractivity contribution < 1.29 is 4.42 Å². The third kappa shape index (κ3) is 4.57. The van der Waals surface area contributed by atoms with E-state index >= 15 is 0 Å². The Hall–Kier alpha value is -6.75.